The van der Waals surface area contributed by atoms with Crippen LogP contribution >= 0.6 is 0 Å². The highest BCUT2D eigenvalue weighted by Gasteiger charge is 2.38. The smallest absolute Gasteiger partial charge is 0.254 e. The number of carbonyl (C=O) groups excluding carboxylic acids is 1. The summed E-state index contributed by atoms with van der Waals surface area (Å²) in [5.74, 6) is -0.261. The van der Waals surface area contributed by atoms with Crippen LogP contribution in [-0.4, -0.2) is 35.0 Å². The summed E-state index contributed by atoms with van der Waals surface area (Å²) in [4.78, 5) is 17.5. The molecule has 2 aromatic rings. The largest absolute Gasteiger partial charge is 0.365 e. The van der Waals surface area contributed by atoms with Gasteiger partial charge < -0.3 is 14.6 Å². The summed E-state index contributed by atoms with van der Waals surface area (Å²) in [7, 11) is 1.78. The van der Waals surface area contributed by atoms with E-state index in [1.807, 2.05) is 13.0 Å². The summed E-state index contributed by atoms with van der Waals surface area (Å²) in [6, 6.07) is 6.50. The van der Waals surface area contributed by atoms with E-state index in [9.17, 15) is 9.18 Å². The molecule has 1 aliphatic rings. The normalized spacial score (nSPS) is 22.0. The number of likely N-dealkylation sites (N-methyl/N-ethyl adjacent to an activating group) is 1. The quantitative estimate of drug-likeness (QED) is 0.946. The van der Waals surface area contributed by atoms with Crippen molar-refractivity contribution in [3.8, 4) is 0 Å². The van der Waals surface area contributed by atoms with Crippen molar-refractivity contribution in [3.63, 3.8) is 0 Å². The van der Waals surface area contributed by atoms with Crippen LogP contribution < -0.4 is 0 Å². The van der Waals surface area contributed by atoms with Gasteiger partial charge in [-0.3, -0.25) is 4.79 Å². The first-order chi connectivity index (χ1) is 10.5. The van der Waals surface area contributed by atoms with E-state index in [2.05, 4.69) is 4.98 Å². The molecular formula is C17H21FN2O2. The maximum Gasteiger partial charge on any atom is 0.254 e. The first kappa shape index (κ1) is 15.0. The van der Waals surface area contributed by atoms with Crippen molar-refractivity contribution in [3.05, 3.63) is 35.8 Å². The number of rotatable bonds is 3. The molecule has 1 atom stereocenters. The van der Waals surface area contributed by atoms with Crippen LogP contribution in [0.1, 0.15) is 31.9 Å². The highest BCUT2D eigenvalue weighted by Crippen LogP contribution is 2.27. The molecule has 1 saturated heterocycles. The predicted molar refractivity (Wildman–Crippen MR) is 82.9 cm³/mol. The maximum atomic E-state index is 13.2. The SMILES string of the molecule is CN(Cc1cc2cc(F)ccc2[nH]1)C(=O)C1(C)CCCCO1. The van der Waals surface area contributed by atoms with Crippen LogP contribution in [-0.2, 0) is 16.1 Å². The average molecular weight is 304 g/mol. The van der Waals surface area contributed by atoms with Crippen LogP contribution in [0.2, 0.25) is 0 Å². The van der Waals surface area contributed by atoms with Crippen LogP contribution in [0.3, 0.4) is 0 Å². The molecule has 2 heterocycles. The predicted octanol–water partition coefficient (Wildman–Crippen LogP) is 3.22. The van der Waals surface area contributed by atoms with Gasteiger partial charge in [-0.15, -0.1) is 0 Å². The minimum atomic E-state index is -0.717. The summed E-state index contributed by atoms with van der Waals surface area (Å²) in [5, 5.41) is 0.816. The first-order valence-corrected chi connectivity index (χ1v) is 7.65. The van der Waals surface area contributed by atoms with E-state index in [0.29, 0.717) is 13.2 Å². The van der Waals surface area contributed by atoms with Crippen molar-refractivity contribution >= 4 is 16.8 Å². The van der Waals surface area contributed by atoms with E-state index >= 15 is 0 Å². The van der Waals surface area contributed by atoms with Gasteiger partial charge in [0, 0.05) is 30.3 Å². The van der Waals surface area contributed by atoms with Crippen molar-refractivity contribution in [1.29, 1.82) is 0 Å². The zero-order chi connectivity index (χ0) is 15.7. The molecule has 1 unspecified atom stereocenters. The third-order valence-electron chi connectivity index (χ3n) is 4.31. The van der Waals surface area contributed by atoms with Gasteiger partial charge in [0.2, 0.25) is 0 Å². The first-order valence-electron chi connectivity index (χ1n) is 7.65. The Balaban J connectivity index is 1.74. The Morgan fingerprint density at radius 1 is 1.41 bits per heavy atom. The van der Waals surface area contributed by atoms with Gasteiger partial charge in [0.25, 0.3) is 5.91 Å². The molecule has 1 aromatic carbocycles. The number of nitrogens with zero attached hydrogens (tertiary/aromatic N) is 1. The molecule has 118 valence electrons. The van der Waals surface area contributed by atoms with Crippen molar-refractivity contribution in [2.24, 2.45) is 0 Å². The number of ether oxygens (including phenoxy) is 1. The van der Waals surface area contributed by atoms with E-state index in [-0.39, 0.29) is 11.7 Å². The Kier molecular flexibility index (Phi) is 3.91. The lowest BCUT2D eigenvalue weighted by molar-refractivity contribution is -0.161. The molecule has 5 heteroatoms. The molecule has 0 bridgehead atoms. The molecule has 1 N–H and O–H groups in total. The lowest BCUT2D eigenvalue weighted by atomic mass is 9.94. The lowest BCUT2D eigenvalue weighted by Crippen LogP contribution is -2.48. The molecule has 3 rings (SSSR count). The lowest BCUT2D eigenvalue weighted by Gasteiger charge is -2.35. The van der Waals surface area contributed by atoms with Gasteiger partial charge in [-0.25, -0.2) is 4.39 Å². The van der Waals surface area contributed by atoms with E-state index in [4.69, 9.17) is 4.74 Å². The fourth-order valence-electron chi connectivity index (χ4n) is 3.08. The fourth-order valence-corrected chi connectivity index (χ4v) is 3.08. The number of nitrogens with one attached hydrogen (secondary N) is 1. The third-order valence-corrected chi connectivity index (χ3v) is 4.31. The van der Waals surface area contributed by atoms with Crippen LogP contribution in [0.15, 0.2) is 24.3 Å². The number of hydrogen-bond acceptors (Lipinski definition) is 2. The number of benzene rings is 1. The zero-order valence-corrected chi connectivity index (χ0v) is 13.0. The molecule has 1 amide bonds. The maximum absolute atomic E-state index is 13.2. The van der Waals surface area contributed by atoms with Crippen molar-refractivity contribution in [1.82, 2.24) is 9.88 Å². The number of fused-ring (bicyclic) bond motifs is 1. The van der Waals surface area contributed by atoms with E-state index in [0.717, 1.165) is 35.9 Å². The number of halogens is 1. The summed E-state index contributed by atoms with van der Waals surface area (Å²) < 4.78 is 18.9. The second-order valence-electron chi connectivity index (χ2n) is 6.22. The van der Waals surface area contributed by atoms with E-state index in [1.54, 1.807) is 18.0 Å². The molecule has 1 fully saturated rings. The third kappa shape index (κ3) is 2.86. The Labute approximate surface area is 129 Å². The monoisotopic (exact) mass is 304 g/mol. The summed E-state index contributed by atoms with van der Waals surface area (Å²) in [5.41, 5.74) is 1.04. The van der Waals surface area contributed by atoms with Crippen LogP contribution in [0, 0.1) is 5.82 Å². The molecule has 4 nitrogen and oxygen atoms in total. The van der Waals surface area contributed by atoms with Crippen molar-refractivity contribution < 1.29 is 13.9 Å². The van der Waals surface area contributed by atoms with Crippen LogP contribution in [0.25, 0.3) is 10.9 Å². The number of amides is 1. The number of hydrogen-bond donors (Lipinski definition) is 1. The van der Waals surface area contributed by atoms with Gasteiger partial charge >= 0.3 is 0 Å². The average Bonchev–Trinajstić information content (AvgIpc) is 2.88. The standard InChI is InChI=1S/C17H21FN2O2/c1-17(7-3-4-8-22-17)16(21)20(2)11-14-10-12-9-13(18)5-6-15(12)19-14/h5-6,9-10,19H,3-4,7-8,11H2,1-2H3. The second kappa shape index (κ2) is 5.72. The highest BCUT2D eigenvalue weighted by atomic mass is 19.1. The number of aromatic amines is 1. The minimum Gasteiger partial charge on any atom is -0.365 e. The number of aromatic nitrogens is 1. The second-order valence-corrected chi connectivity index (χ2v) is 6.22. The molecular weight excluding hydrogens is 283 g/mol. The Hall–Kier alpha value is -1.88. The number of carbonyl (C=O) groups is 1. The molecule has 22 heavy (non-hydrogen) atoms. The Morgan fingerprint density at radius 3 is 2.95 bits per heavy atom. The number of H-pyrrole nitrogens is 1. The van der Waals surface area contributed by atoms with Gasteiger partial charge in [0.05, 0.1) is 6.54 Å². The molecule has 1 aromatic heterocycles. The van der Waals surface area contributed by atoms with E-state index in [1.165, 1.54) is 12.1 Å². The molecule has 0 radical (unpaired) electrons. The van der Waals surface area contributed by atoms with Gasteiger partial charge in [-0.2, -0.15) is 0 Å². The van der Waals surface area contributed by atoms with Crippen molar-refractivity contribution in [2.75, 3.05) is 13.7 Å². The van der Waals surface area contributed by atoms with Crippen LogP contribution in [0.5, 0.6) is 0 Å². The molecule has 0 saturated carbocycles. The molecule has 0 aliphatic carbocycles. The Morgan fingerprint density at radius 2 is 2.23 bits per heavy atom. The molecule has 0 spiro atoms. The Bertz CT molecular complexity index is 689. The highest BCUT2D eigenvalue weighted by molar-refractivity contribution is 5.85. The zero-order valence-electron chi connectivity index (χ0n) is 13.0. The van der Waals surface area contributed by atoms with Gasteiger partial charge in [0.1, 0.15) is 11.4 Å². The van der Waals surface area contributed by atoms with Crippen molar-refractivity contribution in [2.45, 2.75) is 38.3 Å². The summed E-state index contributed by atoms with van der Waals surface area (Å²) >= 11 is 0. The van der Waals surface area contributed by atoms with Gasteiger partial charge in [-0.05, 0) is 50.5 Å². The summed E-state index contributed by atoms with van der Waals surface area (Å²) in [6.45, 7) is 2.96. The van der Waals surface area contributed by atoms with Gasteiger partial charge in [-0.1, -0.05) is 0 Å². The topological polar surface area (TPSA) is 45.3 Å². The fraction of sp³-hybridized carbons (Fsp3) is 0.471. The minimum absolute atomic E-state index is 0.00274. The van der Waals surface area contributed by atoms with Crippen LogP contribution in [0.4, 0.5) is 4.39 Å². The summed E-state index contributed by atoms with van der Waals surface area (Å²) in [6.07, 6.45) is 2.79. The van der Waals surface area contributed by atoms with Gasteiger partial charge in [0.15, 0.2) is 0 Å². The molecule has 1 aliphatic heterocycles. The van der Waals surface area contributed by atoms with E-state index < -0.39 is 5.60 Å².